The summed E-state index contributed by atoms with van der Waals surface area (Å²) in [6, 6.07) is 15.3. The van der Waals surface area contributed by atoms with Gasteiger partial charge < -0.3 is 49.3 Å². The van der Waals surface area contributed by atoms with Gasteiger partial charge in [0.05, 0.1) is 17.3 Å². The number of alkyl halides is 7. The van der Waals surface area contributed by atoms with Crippen LogP contribution in [0.4, 0.5) is 35.1 Å². The Morgan fingerprint density at radius 2 is 0.929 bits per heavy atom. The van der Waals surface area contributed by atoms with Gasteiger partial charge in [-0.05, 0) is 157 Å². The molecule has 0 spiro atoms. The third-order valence-electron chi connectivity index (χ3n) is 16.4. The van der Waals surface area contributed by atoms with Crippen LogP contribution in [-0.4, -0.2) is 141 Å². The zero-order valence-electron chi connectivity index (χ0n) is 49.9. The van der Waals surface area contributed by atoms with E-state index in [4.69, 9.17) is 22.8 Å². The van der Waals surface area contributed by atoms with Gasteiger partial charge in [0.1, 0.15) is 24.3 Å². The van der Waals surface area contributed by atoms with Gasteiger partial charge in [-0.1, -0.05) is 82.0 Å². The van der Waals surface area contributed by atoms with Crippen molar-refractivity contribution in [1.29, 1.82) is 0 Å². The minimum atomic E-state index is -3.57. The van der Waals surface area contributed by atoms with Crippen LogP contribution in [0, 0.1) is 34.4 Å². The molecule has 2 aromatic carbocycles. The van der Waals surface area contributed by atoms with Gasteiger partial charge in [-0.2, -0.15) is 17.6 Å². The number of nitrogens with one attached hydrogen (secondary N) is 5. The van der Waals surface area contributed by atoms with Crippen molar-refractivity contribution in [3.8, 4) is 0 Å². The molecule has 8 rings (SSSR count). The summed E-state index contributed by atoms with van der Waals surface area (Å²) in [7, 11) is 0. The van der Waals surface area contributed by atoms with E-state index >= 15 is 0 Å². The van der Waals surface area contributed by atoms with Gasteiger partial charge in [-0.15, -0.1) is 0 Å². The molecule has 0 amide bonds. The zero-order valence-corrected chi connectivity index (χ0v) is 54.0. The van der Waals surface area contributed by atoms with Crippen LogP contribution in [0.2, 0.25) is 0 Å². The molecule has 6 fully saturated rings. The predicted octanol–water partition coefficient (Wildman–Crippen LogP) is 11.1. The molecule has 6 aliphatic rings. The SMILES string of the molecule is CC(C)(NCC(F)CS(=O)O)c1ccc(F)cc1.CC(C)(NCCC(F)(F)S(=O)O)c1ccccc1.CC12CC3CC(C)(C1)CC(NCCC(F)(F)S(=O)O)(C3)C2.O=S(O)C[C@@H](F)CNCC1CCCC1.O=S(O)C[C@H](F)CNCC1CCCC1. The quantitative estimate of drug-likeness (QED) is 0.0269. The molecule has 0 heterocycles. The lowest BCUT2D eigenvalue weighted by Gasteiger charge is -2.65. The monoisotopic (exact) mass is 1320 g/mol. The molecule has 10 N–H and O–H groups in total. The first kappa shape index (κ1) is 77.5. The van der Waals surface area contributed by atoms with Crippen molar-refractivity contribution in [2.45, 2.75) is 190 Å². The lowest BCUT2D eigenvalue weighted by atomic mass is 9.43. The highest BCUT2D eigenvalue weighted by molar-refractivity contribution is 7.80. The predicted molar refractivity (Wildman–Crippen MR) is 325 cm³/mol. The molecule has 0 aliphatic heterocycles. The fourth-order valence-electron chi connectivity index (χ4n) is 13.1. The molecule has 8 unspecified atom stereocenters. The molecule has 10 atom stereocenters. The van der Waals surface area contributed by atoms with Crippen molar-refractivity contribution in [2.24, 2.45) is 28.6 Å². The Hall–Kier alpha value is -1.77. The van der Waals surface area contributed by atoms with Crippen LogP contribution in [0.1, 0.15) is 155 Å². The summed E-state index contributed by atoms with van der Waals surface area (Å²) in [6.45, 7) is 14.2. The van der Waals surface area contributed by atoms with Gasteiger partial charge in [0, 0.05) is 62.2 Å². The van der Waals surface area contributed by atoms with Crippen LogP contribution < -0.4 is 26.6 Å². The normalized spacial score (nSPS) is 25.3. The minimum absolute atomic E-state index is 0.0311. The Morgan fingerprint density at radius 3 is 1.33 bits per heavy atom. The van der Waals surface area contributed by atoms with E-state index in [0.29, 0.717) is 28.6 Å². The van der Waals surface area contributed by atoms with Crippen LogP contribution in [0.15, 0.2) is 54.6 Å². The van der Waals surface area contributed by atoms with Crippen molar-refractivity contribution in [1.82, 2.24) is 26.6 Å². The first-order valence-electron chi connectivity index (χ1n) is 29.1. The van der Waals surface area contributed by atoms with Crippen LogP contribution in [0.25, 0.3) is 0 Å². The minimum Gasteiger partial charge on any atom is -0.314 e. The summed E-state index contributed by atoms with van der Waals surface area (Å²) >= 11 is -12.4. The fraction of sp³-hybridized carbons (Fsp3) is 0.789. The number of halogens is 8. The average Bonchev–Trinajstić information content (AvgIpc) is 0.977. The third-order valence-corrected chi connectivity index (χ3v) is 19.8. The Bertz CT molecular complexity index is 2330. The summed E-state index contributed by atoms with van der Waals surface area (Å²) in [5.74, 6) is 0.774. The fourth-order valence-corrected chi connectivity index (χ4v) is 14.9. The lowest BCUT2D eigenvalue weighted by molar-refractivity contribution is -0.118. The second-order valence-corrected chi connectivity index (χ2v) is 30.5. The third kappa shape index (κ3) is 29.8. The number of rotatable bonds is 29. The van der Waals surface area contributed by atoms with Crippen molar-refractivity contribution >= 4 is 55.4 Å². The van der Waals surface area contributed by atoms with Crippen molar-refractivity contribution in [3.63, 3.8) is 0 Å². The first-order chi connectivity index (χ1) is 39.5. The maximum atomic E-state index is 13.3. The molecule has 28 heteroatoms. The molecule has 4 bridgehead atoms. The summed E-state index contributed by atoms with van der Waals surface area (Å²) < 4.78 is 199. The van der Waals surface area contributed by atoms with Crippen molar-refractivity contribution in [3.05, 3.63) is 71.5 Å². The Balaban J connectivity index is 0.000000281. The van der Waals surface area contributed by atoms with Gasteiger partial charge in [0.25, 0.3) is 0 Å². The van der Waals surface area contributed by atoms with Gasteiger partial charge in [0.2, 0.25) is 22.2 Å². The molecule has 0 radical (unpaired) electrons. The maximum Gasteiger partial charge on any atom is 0.346 e. The molecule has 0 aromatic heterocycles. The molecular weight excluding hydrogens is 1230 g/mol. The standard InChI is InChI=1S/C15H25F2NO2S.2C12H17F2NO2S.2C9H18FNO2S/c1-12-5-11-6-13(2,8-12)10-14(7-11,9-12)18-4-3-15(16,17)21(19)20;1-12(2,9-3-5-10(13)6-4-9)15-7-11(14)8-18(16)17;1-11(2,10-6-4-3-5-7-10)15-9-8-12(13,14)18(16)17;2*10-9(7-14(12)13)6-11-5-8-3-1-2-4-8/h11,18H,3-10H2,1-2H3,(H,19,20);3-6,11,15H,7-8H2,1-2H3,(H,16,17);3-7,15H,8-9H2,1-2H3,(H,16,17);2*8-9,11H,1-7H2,(H,12,13)/t;;;2*9-/m...10/s1. The topological polar surface area (TPSA) is 247 Å². The summed E-state index contributed by atoms with van der Waals surface area (Å²) in [5.41, 5.74) is 1.44. The van der Waals surface area contributed by atoms with E-state index in [1.807, 2.05) is 58.0 Å². The molecule has 15 nitrogen and oxygen atoms in total. The maximum absolute atomic E-state index is 13.3. The van der Waals surface area contributed by atoms with Crippen molar-refractivity contribution < 1.29 is 78.9 Å². The summed E-state index contributed by atoms with van der Waals surface area (Å²) in [5, 5.41) is 8.22. The van der Waals surface area contributed by atoms with Gasteiger partial charge >= 0.3 is 10.5 Å². The molecule has 6 saturated carbocycles. The smallest absolute Gasteiger partial charge is 0.314 e. The van der Waals surface area contributed by atoms with E-state index in [2.05, 4.69) is 40.4 Å². The van der Waals surface area contributed by atoms with E-state index in [0.717, 1.165) is 43.5 Å². The highest BCUT2D eigenvalue weighted by Gasteiger charge is 2.60. The van der Waals surface area contributed by atoms with Crippen LogP contribution >= 0.6 is 0 Å². The lowest BCUT2D eigenvalue weighted by Crippen LogP contribution is -2.64. The number of benzene rings is 2. The number of hydrogen-bond donors (Lipinski definition) is 10. The Kier molecular flexibility index (Phi) is 33.1. The zero-order chi connectivity index (χ0) is 63.9. The van der Waals surface area contributed by atoms with E-state index in [-0.39, 0.29) is 55.6 Å². The first-order valence-corrected chi connectivity index (χ1v) is 35.1. The second kappa shape index (κ2) is 36.3. The molecule has 2 aromatic rings. The molecule has 494 valence electrons. The van der Waals surface area contributed by atoms with Crippen molar-refractivity contribution in [2.75, 3.05) is 63.1 Å². The van der Waals surface area contributed by atoms with Crippen LogP contribution in [-0.2, 0) is 66.5 Å². The average molecular weight is 1320 g/mol. The Morgan fingerprint density at radius 1 is 0.541 bits per heavy atom. The summed E-state index contributed by atoms with van der Waals surface area (Å²) in [4.78, 5) is 0. The van der Waals surface area contributed by atoms with E-state index < -0.39 is 114 Å². The molecule has 0 saturated heterocycles. The van der Waals surface area contributed by atoms with Gasteiger partial charge in [0.15, 0.2) is 33.2 Å². The molecular formula is C57H95F8N5O10S5. The highest BCUT2D eigenvalue weighted by atomic mass is 32.2. The number of hydrogen-bond acceptors (Lipinski definition) is 10. The highest BCUT2D eigenvalue weighted by Crippen LogP contribution is 2.66. The van der Waals surface area contributed by atoms with E-state index in [1.165, 1.54) is 82.8 Å². The largest absolute Gasteiger partial charge is 0.346 e. The second-order valence-electron chi connectivity index (χ2n) is 25.4. The van der Waals surface area contributed by atoms with E-state index in [9.17, 15) is 56.2 Å². The van der Waals surface area contributed by atoms with Crippen LogP contribution in [0.3, 0.4) is 0 Å². The Labute approximate surface area is 511 Å². The van der Waals surface area contributed by atoms with E-state index in [1.54, 1.807) is 12.1 Å². The van der Waals surface area contributed by atoms with Gasteiger partial charge in [-0.25, -0.2) is 38.6 Å². The van der Waals surface area contributed by atoms with Crippen LogP contribution in [0.5, 0.6) is 0 Å². The molecule has 6 aliphatic carbocycles. The van der Waals surface area contributed by atoms with Gasteiger partial charge in [-0.3, -0.25) is 0 Å². The summed E-state index contributed by atoms with van der Waals surface area (Å²) in [6.07, 6.45) is 12.0. The molecule has 85 heavy (non-hydrogen) atoms.